The lowest BCUT2D eigenvalue weighted by atomic mass is 9.90. The van der Waals surface area contributed by atoms with E-state index in [4.69, 9.17) is 14.2 Å². The Bertz CT molecular complexity index is 657. The number of ether oxygens (including phenoxy) is 3. The monoisotopic (exact) mass is 360 g/mol. The molecular weight excluding hydrogens is 328 g/mol. The third kappa shape index (κ3) is 4.66. The second-order valence-corrected chi connectivity index (χ2v) is 8.37. The van der Waals surface area contributed by atoms with Crippen LogP contribution in [0, 0.1) is 0 Å². The lowest BCUT2D eigenvalue weighted by Crippen LogP contribution is -2.17. The van der Waals surface area contributed by atoms with Crippen LogP contribution in [0.1, 0.15) is 66.7 Å². The van der Waals surface area contributed by atoms with Crippen LogP contribution in [-0.4, -0.2) is 36.5 Å². The van der Waals surface area contributed by atoms with Gasteiger partial charge in [-0.15, -0.1) is 0 Å². The Morgan fingerprint density at radius 1 is 1.19 bits per heavy atom. The molecule has 1 aliphatic carbocycles. The van der Waals surface area contributed by atoms with Crippen LogP contribution in [0.4, 0.5) is 0 Å². The first kappa shape index (κ1) is 19.4. The van der Waals surface area contributed by atoms with E-state index in [1.807, 2.05) is 0 Å². The van der Waals surface area contributed by atoms with Crippen molar-refractivity contribution >= 4 is 5.97 Å². The summed E-state index contributed by atoms with van der Waals surface area (Å²) < 4.78 is 17.6. The zero-order valence-corrected chi connectivity index (χ0v) is 16.8. The summed E-state index contributed by atoms with van der Waals surface area (Å²) >= 11 is 0. The predicted molar refractivity (Wildman–Crippen MR) is 102 cm³/mol. The maximum Gasteiger partial charge on any atom is 0.303 e. The Hall–Kier alpha value is -1.39. The van der Waals surface area contributed by atoms with Gasteiger partial charge < -0.3 is 14.2 Å². The molecule has 2 heterocycles. The number of carbonyl (C=O) groups is 1. The Labute approximate surface area is 157 Å². The number of rotatable bonds is 1. The Kier molecular flexibility index (Phi) is 5.73. The van der Waals surface area contributed by atoms with Gasteiger partial charge in [0.15, 0.2) is 0 Å². The number of hydrogen-bond donors (Lipinski definition) is 0. The molecule has 1 saturated heterocycles. The predicted octanol–water partition coefficient (Wildman–Crippen LogP) is 4.65. The molecule has 26 heavy (non-hydrogen) atoms. The second-order valence-electron chi connectivity index (χ2n) is 8.37. The van der Waals surface area contributed by atoms with Crippen LogP contribution >= 0.6 is 0 Å². The number of carbonyl (C=O) groups excluding carboxylic acids is 1. The van der Waals surface area contributed by atoms with Crippen LogP contribution in [0.5, 0.6) is 0 Å². The molecular formula is C22H32O4. The van der Waals surface area contributed by atoms with Crippen molar-refractivity contribution in [3.8, 4) is 0 Å². The van der Waals surface area contributed by atoms with Crippen LogP contribution in [0.2, 0.25) is 0 Å². The maximum atomic E-state index is 11.5. The molecule has 0 aromatic rings. The normalized spacial score (nSPS) is 39.7. The summed E-state index contributed by atoms with van der Waals surface area (Å²) in [5.41, 5.74) is 5.19. The maximum absolute atomic E-state index is 11.5. The van der Waals surface area contributed by atoms with Crippen molar-refractivity contribution in [2.75, 3.05) is 6.61 Å². The van der Waals surface area contributed by atoms with Crippen LogP contribution < -0.4 is 0 Å². The van der Waals surface area contributed by atoms with E-state index in [0.29, 0.717) is 19.1 Å². The quantitative estimate of drug-likeness (QED) is 0.388. The van der Waals surface area contributed by atoms with E-state index in [2.05, 4.69) is 39.8 Å². The molecule has 3 aliphatic rings. The van der Waals surface area contributed by atoms with Crippen molar-refractivity contribution in [2.45, 2.75) is 90.6 Å². The Morgan fingerprint density at radius 3 is 2.69 bits per heavy atom. The van der Waals surface area contributed by atoms with Gasteiger partial charge in [0.2, 0.25) is 0 Å². The molecule has 1 fully saturated rings. The van der Waals surface area contributed by atoms with Gasteiger partial charge in [-0.2, -0.15) is 0 Å². The van der Waals surface area contributed by atoms with Crippen LogP contribution in [0.25, 0.3) is 0 Å². The van der Waals surface area contributed by atoms with Gasteiger partial charge in [-0.05, 0) is 70.6 Å². The molecule has 0 aromatic carbocycles. The van der Waals surface area contributed by atoms with E-state index in [0.717, 1.165) is 25.7 Å². The minimum absolute atomic E-state index is 0.00113. The number of allylic oxidation sites excluding steroid dienone is 1. The first-order valence-electron chi connectivity index (χ1n) is 9.76. The molecule has 4 nitrogen and oxygen atoms in total. The Morgan fingerprint density at radius 2 is 1.96 bits per heavy atom. The van der Waals surface area contributed by atoms with E-state index in [1.54, 1.807) is 0 Å². The molecule has 2 aliphatic heterocycles. The molecule has 0 N–H and O–H groups in total. The standard InChI is InChI=1S/C22H32O4/c1-14-6-7-21-22(5,26-21)9-8-19-16(3)13-24-20(19)12-15(2)11-18(10-14)25-17(4)23/h10,12,18,20-21H,6-9,11,13H2,1-5H3/b14-10+,15-12+/t18-,20-,21-,22+/m0/s1. The van der Waals surface area contributed by atoms with Crippen molar-refractivity contribution in [1.29, 1.82) is 0 Å². The summed E-state index contributed by atoms with van der Waals surface area (Å²) in [4.78, 5) is 11.5. The first-order chi connectivity index (χ1) is 12.3. The van der Waals surface area contributed by atoms with E-state index >= 15 is 0 Å². The highest BCUT2D eigenvalue weighted by atomic mass is 16.6. The van der Waals surface area contributed by atoms with Crippen LogP contribution in [0.3, 0.4) is 0 Å². The van der Waals surface area contributed by atoms with Crippen molar-refractivity contribution in [3.63, 3.8) is 0 Å². The van der Waals surface area contributed by atoms with Crippen LogP contribution in [0.15, 0.2) is 34.4 Å². The third-order valence-electron chi connectivity index (χ3n) is 5.84. The van der Waals surface area contributed by atoms with E-state index in [1.165, 1.54) is 29.2 Å². The van der Waals surface area contributed by atoms with Crippen molar-refractivity contribution in [2.24, 2.45) is 0 Å². The molecule has 0 saturated carbocycles. The lowest BCUT2D eigenvalue weighted by molar-refractivity contribution is -0.144. The number of esters is 1. The molecule has 0 unspecified atom stereocenters. The molecule has 0 spiro atoms. The summed E-state index contributed by atoms with van der Waals surface area (Å²) in [5.74, 6) is -0.236. The highest BCUT2D eigenvalue weighted by molar-refractivity contribution is 5.66. The molecule has 0 aromatic heterocycles. The van der Waals surface area contributed by atoms with E-state index in [9.17, 15) is 4.79 Å². The van der Waals surface area contributed by atoms with Crippen molar-refractivity contribution < 1.29 is 19.0 Å². The zero-order valence-electron chi connectivity index (χ0n) is 16.8. The molecule has 0 amide bonds. The van der Waals surface area contributed by atoms with Gasteiger partial charge in [0.25, 0.3) is 0 Å². The van der Waals surface area contributed by atoms with Gasteiger partial charge in [-0.3, -0.25) is 4.79 Å². The molecule has 3 rings (SSSR count). The SMILES string of the molecule is CC(=O)O[C@H]1/C=C(\C)CC[C@@H]2O[C@]2(C)CCC2=C(C)CO[C@H]2/C=C(\C)C1. The third-order valence-corrected chi connectivity index (χ3v) is 5.84. The number of hydrogen-bond acceptors (Lipinski definition) is 4. The second kappa shape index (κ2) is 7.69. The largest absolute Gasteiger partial charge is 0.458 e. The van der Waals surface area contributed by atoms with Gasteiger partial charge in [-0.1, -0.05) is 17.2 Å². The molecule has 4 atom stereocenters. The van der Waals surface area contributed by atoms with E-state index in [-0.39, 0.29) is 23.8 Å². The minimum atomic E-state index is -0.236. The average Bonchev–Trinajstić information content (AvgIpc) is 3.06. The summed E-state index contributed by atoms with van der Waals surface area (Å²) in [5, 5.41) is 0. The molecule has 0 bridgehead atoms. The molecule has 0 radical (unpaired) electrons. The summed E-state index contributed by atoms with van der Waals surface area (Å²) in [6.45, 7) is 10.8. The summed E-state index contributed by atoms with van der Waals surface area (Å²) in [6, 6.07) is 0. The fourth-order valence-electron chi connectivity index (χ4n) is 4.16. The fourth-order valence-corrected chi connectivity index (χ4v) is 4.16. The fraction of sp³-hybridized carbons (Fsp3) is 0.682. The van der Waals surface area contributed by atoms with Gasteiger partial charge in [0, 0.05) is 13.3 Å². The van der Waals surface area contributed by atoms with E-state index < -0.39 is 0 Å². The van der Waals surface area contributed by atoms with Gasteiger partial charge in [0.1, 0.15) is 6.10 Å². The van der Waals surface area contributed by atoms with Gasteiger partial charge in [0.05, 0.1) is 24.4 Å². The highest BCUT2D eigenvalue weighted by Gasteiger charge is 2.51. The smallest absolute Gasteiger partial charge is 0.303 e. The molecule has 4 heteroatoms. The van der Waals surface area contributed by atoms with Gasteiger partial charge >= 0.3 is 5.97 Å². The molecule has 144 valence electrons. The number of fused-ring (bicyclic) bond motifs is 2. The topological polar surface area (TPSA) is 48.1 Å². The van der Waals surface area contributed by atoms with Gasteiger partial charge in [-0.25, -0.2) is 0 Å². The zero-order chi connectivity index (χ0) is 18.9. The average molecular weight is 360 g/mol. The first-order valence-corrected chi connectivity index (χ1v) is 9.76. The van der Waals surface area contributed by atoms with Crippen molar-refractivity contribution in [3.05, 3.63) is 34.4 Å². The summed E-state index contributed by atoms with van der Waals surface area (Å²) in [6.07, 6.45) is 9.25. The number of epoxide rings is 1. The minimum Gasteiger partial charge on any atom is -0.458 e. The van der Waals surface area contributed by atoms with Crippen LogP contribution in [-0.2, 0) is 19.0 Å². The summed E-state index contributed by atoms with van der Waals surface area (Å²) in [7, 11) is 0. The Balaban J connectivity index is 1.84. The van der Waals surface area contributed by atoms with Crippen molar-refractivity contribution in [1.82, 2.24) is 0 Å². The lowest BCUT2D eigenvalue weighted by Gasteiger charge is -2.18. The highest BCUT2D eigenvalue weighted by Crippen LogP contribution is 2.45.